The van der Waals surface area contributed by atoms with Crippen LogP contribution in [0, 0.1) is 6.92 Å². The minimum atomic E-state index is -0.429. The SMILES string of the molecule is Cc1nc(-c2ccccc2)sc1C(=O)OCc1nnsc1Cl. The molecule has 3 rings (SSSR count). The van der Waals surface area contributed by atoms with E-state index >= 15 is 0 Å². The Morgan fingerprint density at radius 3 is 2.77 bits per heavy atom. The zero-order valence-electron chi connectivity index (χ0n) is 11.4. The van der Waals surface area contributed by atoms with Crippen molar-refractivity contribution in [1.29, 1.82) is 0 Å². The number of aryl methyl sites for hydroxylation is 1. The van der Waals surface area contributed by atoms with E-state index in [-0.39, 0.29) is 6.61 Å². The quantitative estimate of drug-likeness (QED) is 0.665. The van der Waals surface area contributed by atoms with E-state index in [1.54, 1.807) is 6.92 Å². The molecule has 0 saturated carbocycles. The second-order valence-electron chi connectivity index (χ2n) is 4.37. The third kappa shape index (κ3) is 3.16. The average Bonchev–Trinajstić information content (AvgIpc) is 3.12. The molecule has 22 heavy (non-hydrogen) atoms. The molecule has 8 heteroatoms. The van der Waals surface area contributed by atoms with Gasteiger partial charge in [-0.2, -0.15) is 0 Å². The summed E-state index contributed by atoms with van der Waals surface area (Å²) in [6.45, 7) is 1.79. The molecular weight excluding hydrogens is 342 g/mol. The third-order valence-electron chi connectivity index (χ3n) is 2.85. The van der Waals surface area contributed by atoms with Crippen LogP contribution in [-0.2, 0) is 11.3 Å². The summed E-state index contributed by atoms with van der Waals surface area (Å²) < 4.78 is 9.36. The Bertz CT molecular complexity index is 802. The van der Waals surface area contributed by atoms with Crippen molar-refractivity contribution >= 4 is 40.4 Å². The van der Waals surface area contributed by atoms with E-state index in [0.29, 0.717) is 20.6 Å². The molecule has 0 radical (unpaired) electrons. The zero-order chi connectivity index (χ0) is 15.5. The monoisotopic (exact) mass is 351 g/mol. The first kappa shape index (κ1) is 15.1. The Morgan fingerprint density at radius 2 is 2.09 bits per heavy atom. The fraction of sp³-hybridized carbons (Fsp3) is 0.143. The number of carbonyl (C=O) groups is 1. The van der Waals surface area contributed by atoms with Gasteiger partial charge in [0.1, 0.15) is 26.5 Å². The molecule has 0 aliphatic rings. The largest absolute Gasteiger partial charge is 0.455 e. The molecule has 0 amide bonds. The standard InChI is InChI=1S/C14H10ClN3O2S2/c1-8-11(14(19)20-7-10-12(15)22-18-17-10)21-13(16-8)9-5-3-2-4-6-9/h2-6H,7H2,1H3. The Morgan fingerprint density at radius 1 is 1.32 bits per heavy atom. The fourth-order valence-corrected chi connectivity index (χ4v) is 3.34. The summed E-state index contributed by atoms with van der Waals surface area (Å²) in [7, 11) is 0. The number of halogens is 1. The number of benzene rings is 1. The smallest absolute Gasteiger partial charge is 0.350 e. The van der Waals surface area contributed by atoms with Gasteiger partial charge in [0.05, 0.1) is 5.69 Å². The maximum Gasteiger partial charge on any atom is 0.350 e. The van der Waals surface area contributed by atoms with Crippen LogP contribution in [0.4, 0.5) is 0 Å². The van der Waals surface area contributed by atoms with E-state index in [9.17, 15) is 4.79 Å². The Kier molecular flexibility index (Phi) is 4.47. The van der Waals surface area contributed by atoms with Crippen molar-refractivity contribution in [3.05, 3.63) is 50.9 Å². The van der Waals surface area contributed by atoms with Gasteiger partial charge in [-0.15, -0.1) is 16.4 Å². The summed E-state index contributed by atoms with van der Waals surface area (Å²) in [5.41, 5.74) is 2.09. The van der Waals surface area contributed by atoms with Gasteiger partial charge in [0.15, 0.2) is 0 Å². The van der Waals surface area contributed by atoms with Gasteiger partial charge in [-0.1, -0.05) is 46.4 Å². The lowest BCUT2D eigenvalue weighted by Crippen LogP contribution is -2.05. The minimum Gasteiger partial charge on any atom is -0.455 e. The fourth-order valence-electron chi connectivity index (χ4n) is 1.77. The predicted octanol–water partition coefficient (Wildman–Crippen LogP) is 3.98. The highest BCUT2D eigenvalue weighted by Crippen LogP contribution is 2.28. The summed E-state index contributed by atoms with van der Waals surface area (Å²) in [6, 6.07) is 9.70. The van der Waals surface area contributed by atoms with Crippen LogP contribution in [0.3, 0.4) is 0 Å². The molecule has 0 saturated heterocycles. The summed E-state index contributed by atoms with van der Waals surface area (Å²) in [5, 5.41) is 4.59. The first-order chi connectivity index (χ1) is 10.6. The topological polar surface area (TPSA) is 65.0 Å². The van der Waals surface area contributed by atoms with E-state index in [2.05, 4.69) is 14.6 Å². The summed E-state index contributed by atoms with van der Waals surface area (Å²) in [4.78, 5) is 17.1. The molecule has 112 valence electrons. The Hall–Kier alpha value is -1.83. The first-order valence-electron chi connectivity index (χ1n) is 6.32. The lowest BCUT2D eigenvalue weighted by Gasteiger charge is -2.00. The number of esters is 1. The lowest BCUT2D eigenvalue weighted by atomic mass is 10.2. The van der Waals surface area contributed by atoms with Crippen molar-refractivity contribution in [3.63, 3.8) is 0 Å². The number of hydrogen-bond donors (Lipinski definition) is 0. The van der Waals surface area contributed by atoms with Crippen LogP contribution >= 0.6 is 34.5 Å². The number of ether oxygens (including phenoxy) is 1. The first-order valence-corrected chi connectivity index (χ1v) is 8.28. The van der Waals surface area contributed by atoms with Crippen LogP contribution in [0.25, 0.3) is 10.6 Å². The molecule has 0 fully saturated rings. The average molecular weight is 352 g/mol. The molecule has 5 nitrogen and oxygen atoms in total. The van der Waals surface area contributed by atoms with Gasteiger partial charge in [0, 0.05) is 17.1 Å². The van der Waals surface area contributed by atoms with E-state index in [1.165, 1.54) is 11.3 Å². The van der Waals surface area contributed by atoms with Crippen molar-refractivity contribution in [1.82, 2.24) is 14.6 Å². The van der Waals surface area contributed by atoms with Gasteiger partial charge in [0.2, 0.25) is 0 Å². The summed E-state index contributed by atoms with van der Waals surface area (Å²) in [5.74, 6) is -0.429. The highest BCUT2D eigenvalue weighted by Gasteiger charge is 2.18. The second kappa shape index (κ2) is 6.51. The van der Waals surface area contributed by atoms with E-state index in [4.69, 9.17) is 16.3 Å². The molecule has 0 bridgehead atoms. The minimum absolute atomic E-state index is 0.00613. The Balaban J connectivity index is 1.76. The molecule has 0 aliphatic carbocycles. The van der Waals surface area contributed by atoms with Crippen LogP contribution < -0.4 is 0 Å². The number of hydrogen-bond acceptors (Lipinski definition) is 7. The van der Waals surface area contributed by atoms with Gasteiger partial charge >= 0.3 is 5.97 Å². The van der Waals surface area contributed by atoms with Gasteiger partial charge < -0.3 is 4.74 Å². The molecule has 0 unspecified atom stereocenters. The molecular formula is C14H10ClN3O2S2. The summed E-state index contributed by atoms with van der Waals surface area (Å²) >= 11 is 8.25. The molecule has 0 N–H and O–H groups in total. The van der Waals surface area contributed by atoms with Crippen LogP contribution in [0.1, 0.15) is 21.1 Å². The van der Waals surface area contributed by atoms with Crippen LogP contribution in [0.5, 0.6) is 0 Å². The number of nitrogens with zero attached hydrogens (tertiary/aromatic N) is 3. The molecule has 0 atom stereocenters. The van der Waals surface area contributed by atoms with Crippen molar-refractivity contribution in [2.24, 2.45) is 0 Å². The van der Waals surface area contributed by atoms with Crippen LogP contribution in [0.2, 0.25) is 4.34 Å². The van der Waals surface area contributed by atoms with Gasteiger partial charge in [-0.3, -0.25) is 0 Å². The molecule has 0 spiro atoms. The molecule has 3 aromatic rings. The van der Waals surface area contributed by atoms with Crippen molar-refractivity contribution in [2.75, 3.05) is 0 Å². The highest BCUT2D eigenvalue weighted by atomic mass is 35.5. The van der Waals surface area contributed by atoms with Crippen molar-refractivity contribution in [2.45, 2.75) is 13.5 Å². The molecule has 2 aromatic heterocycles. The van der Waals surface area contributed by atoms with E-state index in [1.807, 2.05) is 30.3 Å². The number of aromatic nitrogens is 3. The highest BCUT2D eigenvalue weighted by molar-refractivity contribution is 7.17. The van der Waals surface area contributed by atoms with Gasteiger partial charge in [-0.25, -0.2) is 9.78 Å². The van der Waals surface area contributed by atoms with Crippen molar-refractivity contribution < 1.29 is 9.53 Å². The maximum atomic E-state index is 12.2. The van der Waals surface area contributed by atoms with Gasteiger partial charge in [0.25, 0.3) is 0 Å². The Labute approximate surface area is 139 Å². The van der Waals surface area contributed by atoms with E-state index in [0.717, 1.165) is 22.1 Å². The van der Waals surface area contributed by atoms with E-state index < -0.39 is 5.97 Å². The normalized spacial score (nSPS) is 10.6. The third-order valence-corrected chi connectivity index (χ3v) is 5.02. The van der Waals surface area contributed by atoms with Crippen LogP contribution in [0.15, 0.2) is 30.3 Å². The molecule has 2 heterocycles. The molecule has 1 aromatic carbocycles. The predicted molar refractivity (Wildman–Crippen MR) is 86.3 cm³/mol. The van der Waals surface area contributed by atoms with Crippen molar-refractivity contribution in [3.8, 4) is 10.6 Å². The number of thiazole rings is 1. The summed E-state index contributed by atoms with van der Waals surface area (Å²) in [6.07, 6.45) is 0. The number of carbonyl (C=O) groups excluding carboxylic acids is 1. The maximum absolute atomic E-state index is 12.2. The zero-order valence-corrected chi connectivity index (χ0v) is 13.8. The number of rotatable bonds is 4. The van der Waals surface area contributed by atoms with Gasteiger partial charge in [-0.05, 0) is 6.92 Å². The second-order valence-corrected chi connectivity index (χ2v) is 6.72. The molecule has 0 aliphatic heterocycles. The lowest BCUT2D eigenvalue weighted by molar-refractivity contribution is 0.0472. The van der Waals surface area contributed by atoms with Crippen LogP contribution in [-0.4, -0.2) is 20.5 Å².